The van der Waals surface area contributed by atoms with Crippen LogP contribution in [0.3, 0.4) is 0 Å². The minimum absolute atomic E-state index is 0.187. The van der Waals surface area contributed by atoms with Gasteiger partial charge < -0.3 is 20.7 Å². The van der Waals surface area contributed by atoms with Crippen LogP contribution in [-0.2, 0) is 32.0 Å². The summed E-state index contributed by atoms with van der Waals surface area (Å²) in [4.78, 5) is 51.2. The standard InChI is InChI=1S/C29H37N5O5/c1-18(25(35)32-24(27(37)34-30)17-21-15-14-20-12-8-9-13-22(20)21)31-26(36)23(16-19-10-6-5-7-11-19)33-28(38)39-29(2,3)4/h5-13,15,18,23-24H,14,16-17,30H2,1-4H3,(H,31,36)(H,32,35)(H,33,38)(H,34,37)/t18-,23+,24+/m1/s1. The highest BCUT2D eigenvalue weighted by Crippen LogP contribution is 2.30. The molecule has 0 aromatic heterocycles. The van der Waals surface area contributed by atoms with Gasteiger partial charge in [-0.2, -0.15) is 0 Å². The lowest BCUT2D eigenvalue weighted by molar-refractivity contribution is -0.132. The second-order valence-corrected chi connectivity index (χ2v) is 10.5. The van der Waals surface area contributed by atoms with E-state index in [1.165, 1.54) is 6.92 Å². The third-order valence-electron chi connectivity index (χ3n) is 6.17. The molecule has 0 unspecified atom stereocenters. The molecule has 0 saturated carbocycles. The number of fused-ring (bicyclic) bond motifs is 1. The first kappa shape index (κ1) is 29.4. The number of amides is 4. The Morgan fingerprint density at radius 1 is 0.846 bits per heavy atom. The minimum Gasteiger partial charge on any atom is -0.444 e. The van der Waals surface area contributed by atoms with Gasteiger partial charge in [-0.25, -0.2) is 10.6 Å². The number of alkyl carbamates (subject to hydrolysis) is 1. The second kappa shape index (κ2) is 13.1. The van der Waals surface area contributed by atoms with Crippen LogP contribution in [0.4, 0.5) is 4.79 Å². The molecule has 0 aliphatic heterocycles. The number of hydrazine groups is 1. The lowest BCUT2D eigenvalue weighted by Crippen LogP contribution is -2.57. The molecule has 0 spiro atoms. The first-order valence-corrected chi connectivity index (χ1v) is 12.9. The average molecular weight is 536 g/mol. The van der Waals surface area contributed by atoms with E-state index in [1.807, 2.05) is 60.7 Å². The van der Waals surface area contributed by atoms with Gasteiger partial charge in [0.25, 0.3) is 5.91 Å². The van der Waals surface area contributed by atoms with Crippen molar-refractivity contribution in [2.75, 3.05) is 0 Å². The van der Waals surface area contributed by atoms with Crippen molar-refractivity contribution in [2.24, 2.45) is 5.84 Å². The van der Waals surface area contributed by atoms with Gasteiger partial charge >= 0.3 is 6.09 Å². The van der Waals surface area contributed by atoms with E-state index in [2.05, 4.69) is 21.4 Å². The summed E-state index contributed by atoms with van der Waals surface area (Å²) in [5.41, 5.74) is 5.27. The zero-order valence-electron chi connectivity index (χ0n) is 22.7. The number of allylic oxidation sites excluding steroid dienone is 1. The number of carbonyl (C=O) groups excluding carboxylic acids is 4. The van der Waals surface area contributed by atoms with Gasteiger partial charge in [0.1, 0.15) is 23.7 Å². The maximum Gasteiger partial charge on any atom is 0.408 e. The number of hydrogen-bond acceptors (Lipinski definition) is 6. The molecule has 1 aliphatic rings. The molecule has 3 rings (SSSR count). The molecular formula is C29H37N5O5. The monoisotopic (exact) mass is 535 g/mol. The van der Waals surface area contributed by atoms with Gasteiger partial charge in [0, 0.05) is 12.8 Å². The second-order valence-electron chi connectivity index (χ2n) is 10.5. The topological polar surface area (TPSA) is 152 Å². The smallest absolute Gasteiger partial charge is 0.408 e. The van der Waals surface area contributed by atoms with Crippen molar-refractivity contribution in [3.05, 3.63) is 77.4 Å². The van der Waals surface area contributed by atoms with Crippen molar-refractivity contribution in [1.29, 1.82) is 0 Å². The summed E-state index contributed by atoms with van der Waals surface area (Å²) in [6, 6.07) is 14.1. The molecule has 0 heterocycles. The summed E-state index contributed by atoms with van der Waals surface area (Å²) < 4.78 is 5.32. The van der Waals surface area contributed by atoms with Crippen molar-refractivity contribution in [2.45, 2.75) is 70.7 Å². The number of nitrogens with one attached hydrogen (secondary N) is 4. The lowest BCUT2D eigenvalue weighted by Gasteiger charge is -2.25. The van der Waals surface area contributed by atoms with Gasteiger partial charge in [0.05, 0.1) is 0 Å². The fraction of sp³-hybridized carbons (Fsp3) is 0.379. The third-order valence-corrected chi connectivity index (χ3v) is 6.17. The van der Waals surface area contributed by atoms with E-state index in [4.69, 9.17) is 10.6 Å². The SMILES string of the molecule is C[C@@H](NC(=O)[C@H](Cc1ccccc1)NC(=O)OC(C)(C)C)C(=O)N[C@@H](CC1=CCc2ccccc21)C(=O)NN. The Bertz CT molecular complexity index is 1220. The Morgan fingerprint density at radius 3 is 2.15 bits per heavy atom. The van der Waals surface area contributed by atoms with Crippen LogP contribution in [0.2, 0.25) is 0 Å². The van der Waals surface area contributed by atoms with Crippen molar-refractivity contribution in [3.63, 3.8) is 0 Å². The maximum absolute atomic E-state index is 13.2. The minimum atomic E-state index is -1.01. The van der Waals surface area contributed by atoms with Crippen LogP contribution in [0.15, 0.2) is 60.7 Å². The first-order valence-electron chi connectivity index (χ1n) is 12.9. The van der Waals surface area contributed by atoms with E-state index in [0.29, 0.717) is 0 Å². The van der Waals surface area contributed by atoms with Crippen LogP contribution in [0.1, 0.15) is 50.8 Å². The van der Waals surface area contributed by atoms with E-state index in [0.717, 1.165) is 28.7 Å². The van der Waals surface area contributed by atoms with Crippen LogP contribution >= 0.6 is 0 Å². The molecule has 6 N–H and O–H groups in total. The highest BCUT2D eigenvalue weighted by Gasteiger charge is 2.30. The number of ether oxygens (including phenoxy) is 1. The highest BCUT2D eigenvalue weighted by atomic mass is 16.6. The fourth-order valence-electron chi connectivity index (χ4n) is 4.26. The molecule has 2 aromatic carbocycles. The molecule has 39 heavy (non-hydrogen) atoms. The van der Waals surface area contributed by atoms with E-state index in [1.54, 1.807) is 20.8 Å². The number of hydrogen-bond donors (Lipinski definition) is 5. The largest absolute Gasteiger partial charge is 0.444 e. The van der Waals surface area contributed by atoms with Crippen LogP contribution < -0.4 is 27.2 Å². The van der Waals surface area contributed by atoms with Crippen molar-refractivity contribution < 1.29 is 23.9 Å². The normalized spacial score (nSPS) is 14.6. The number of benzene rings is 2. The summed E-state index contributed by atoms with van der Waals surface area (Å²) in [5, 5.41) is 7.93. The number of rotatable bonds is 10. The van der Waals surface area contributed by atoms with E-state index in [9.17, 15) is 19.2 Å². The Hall–Kier alpha value is -4.18. The average Bonchev–Trinajstić information content (AvgIpc) is 3.29. The van der Waals surface area contributed by atoms with Gasteiger partial charge in [-0.15, -0.1) is 0 Å². The van der Waals surface area contributed by atoms with Gasteiger partial charge in [0.15, 0.2) is 0 Å². The molecule has 10 nitrogen and oxygen atoms in total. The number of nitrogens with two attached hydrogens (primary N) is 1. The molecule has 10 heteroatoms. The van der Waals surface area contributed by atoms with E-state index >= 15 is 0 Å². The van der Waals surface area contributed by atoms with Crippen molar-refractivity contribution in [1.82, 2.24) is 21.4 Å². The summed E-state index contributed by atoms with van der Waals surface area (Å²) in [6.07, 6.45) is 2.45. The Labute approximate surface area is 228 Å². The molecule has 0 fully saturated rings. The molecular weight excluding hydrogens is 498 g/mol. The van der Waals surface area contributed by atoms with E-state index in [-0.39, 0.29) is 12.8 Å². The lowest BCUT2D eigenvalue weighted by atomic mass is 9.99. The Balaban J connectivity index is 1.67. The molecule has 2 aromatic rings. The van der Waals surface area contributed by atoms with Crippen molar-refractivity contribution >= 4 is 29.4 Å². The molecule has 0 saturated heterocycles. The molecule has 4 amide bonds. The zero-order valence-corrected chi connectivity index (χ0v) is 22.7. The highest BCUT2D eigenvalue weighted by molar-refractivity contribution is 5.94. The summed E-state index contributed by atoms with van der Waals surface area (Å²) in [5.74, 6) is 3.69. The van der Waals surface area contributed by atoms with Crippen LogP contribution in [0.5, 0.6) is 0 Å². The summed E-state index contributed by atoms with van der Waals surface area (Å²) in [6.45, 7) is 6.67. The Kier molecular flexibility index (Phi) is 9.84. The quantitative estimate of drug-likeness (QED) is 0.179. The third kappa shape index (κ3) is 8.68. The zero-order chi connectivity index (χ0) is 28.6. The molecule has 0 bridgehead atoms. The van der Waals surface area contributed by atoms with Gasteiger partial charge in [-0.3, -0.25) is 19.8 Å². The molecule has 3 atom stereocenters. The van der Waals surface area contributed by atoms with Gasteiger partial charge in [-0.05, 0) is 56.4 Å². The van der Waals surface area contributed by atoms with Crippen LogP contribution in [0, 0.1) is 0 Å². The fourth-order valence-corrected chi connectivity index (χ4v) is 4.26. The number of carbonyl (C=O) groups is 4. The summed E-state index contributed by atoms with van der Waals surface area (Å²) in [7, 11) is 0. The molecule has 0 radical (unpaired) electrons. The summed E-state index contributed by atoms with van der Waals surface area (Å²) >= 11 is 0. The van der Waals surface area contributed by atoms with E-state index < -0.39 is 47.5 Å². The van der Waals surface area contributed by atoms with Crippen molar-refractivity contribution in [3.8, 4) is 0 Å². The molecule has 208 valence electrons. The first-order chi connectivity index (χ1) is 18.5. The van der Waals surface area contributed by atoms with Gasteiger partial charge in [-0.1, -0.05) is 60.7 Å². The Morgan fingerprint density at radius 2 is 1.49 bits per heavy atom. The molecule has 1 aliphatic carbocycles. The predicted molar refractivity (Wildman–Crippen MR) is 148 cm³/mol. The predicted octanol–water partition coefficient (Wildman–Crippen LogP) is 2.13. The van der Waals surface area contributed by atoms with Crippen LogP contribution in [-0.4, -0.2) is 47.5 Å². The van der Waals surface area contributed by atoms with Gasteiger partial charge in [0.2, 0.25) is 11.8 Å². The van der Waals surface area contributed by atoms with Crippen LogP contribution in [0.25, 0.3) is 5.57 Å². The maximum atomic E-state index is 13.2.